The summed E-state index contributed by atoms with van der Waals surface area (Å²) in [6, 6.07) is 14.0. The fraction of sp³-hybridized carbons (Fsp3) is 0.367. The van der Waals surface area contributed by atoms with Crippen LogP contribution in [0.2, 0.25) is 0 Å². The molecule has 0 bridgehead atoms. The molecule has 3 aromatic rings. The van der Waals surface area contributed by atoms with Crippen LogP contribution in [0.5, 0.6) is 0 Å². The van der Waals surface area contributed by atoms with E-state index in [-0.39, 0.29) is 25.2 Å². The van der Waals surface area contributed by atoms with Crippen molar-refractivity contribution in [1.29, 1.82) is 0 Å². The molecule has 3 rings (SSSR count). The predicted octanol–water partition coefficient (Wildman–Crippen LogP) is 1.35. The fourth-order valence-electron chi connectivity index (χ4n) is 4.37. The number of nitrogens with one attached hydrogen (secondary N) is 4. The smallest absolute Gasteiger partial charge is 0.326 e. The Morgan fingerprint density at radius 3 is 1.71 bits per heavy atom. The van der Waals surface area contributed by atoms with Gasteiger partial charge in [-0.05, 0) is 23.5 Å². The maximum absolute atomic E-state index is 13.6. The molecule has 2 aromatic carbocycles. The number of nitrogens with two attached hydrogens (primary N) is 1. The second kappa shape index (κ2) is 15.3. The molecule has 4 atom stereocenters. The molecule has 4 unspecified atom stereocenters. The van der Waals surface area contributed by atoms with E-state index in [0.29, 0.717) is 12.1 Å². The number of carbonyl (C=O) groups excluding carboxylic acids is 3. The molecule has 0 fully saturated rings. The van der Waals surface area contributed by atoms with Gasteiger partial charge < -0.3 is 31.8 Å². The van der Waals surface area contributed by atoms with Gasteiger partial charge in [-0.25, -0.2) is 9.78 Å². The molecule has 0 aliphatic heterocycles. The number of carboxylic acid groups (broad SMARTS) is 1. The van der Waals surface area contributed by atoms with Gasteiger partial charge in [0.15, 0.2) is 0 Å². The van der Waals surface area contributed by atoms with Crippen LogP contribution in [-0.4, -0.2) is 62.9 Å². The number of H-pyrrole nitrogens is 1. The molecule has 1 heterocycles. The van der Waals surface area contributed by atoms with E-state index in [4.69, 9.17) is 5.73 Å². The quantitative estimate of drug-likeness (QED) is 0.162. The minimum absolute atomic E-state index is 0.0203. The molecule has 0 aliphatic rings. The van der Waals surface area contributed by atoms with Crippen LogP contribution in [0, 0.1) is 5.92 Å². The lowest BCUT2D eigenvalue weighted by molar-refractivity contribution is -0.142. The van der Waals surface area contributed by atoms with Crippen molar-refractivity contribution in [2.24, 2.45) is 11.7 Å². The number of carboxylic acids is 1. The number of amides is 3. The highest BCUT2D eigenvalue weighted by molar-refractivity contribution is 5.94. The summed E-state index contributed by atoms with van der Waals surface area (Å²) < 4.78 is 0. The molecule has 218 valence electrons. The monoisotopic (exact) mass is 562 g/mol. The molecule has 3 amide bonds. The van der Waals surface area contributed by atoms with Crippen molar-refractivity contribution < 1.29 is 24.3 Å². The van der Waals surface area contributed by atoms with Crippen molar-refractivity contribution in [1.82, 2.24) is 25.9 Å². The molecule has 0 aliphatic carbocycles. The van der Waals surface area contributed by atoms with E-state index in [1.807, 2.05) is 50.2 Å². The second-order valence-corrected chi connectivity index (χ2v) is 10.4. The number of imidazole rings is 1. The van der Waals surface area contributed by atoms with Crippen LogP contribution < -0.4 is 21.7 Å². The third-order valence-corrected chi connectivity index (χ3v) is 6.49. The number of rotatable bonds is 15. The van der Waals surface area contributed by atoms with E-state index in [2.05, 4.69) is 25.9 Å². The zero-order chi connectivity index (χ0) is 29.8. The predicted molar refractivity (Wildman–Crippen MR) is 153 cm³/mol. The Kier molecular flexibility index (Phi) is 11.6. The summed E-state index contributed by atoms with van der Waals surface area (Å²) in [5.41, 5.74) is 8.18. The Morgan fingerprint density at radius 1 is 0.780 bits per heavy atom. The lowest BCUT2D eigenvalue weighted by Gasteiger charge is -2.25. The standard InChI is InChI=1S/C30H38N6O5/c1-19(2)13-23(31)27(37)34-24(14-20-9-5-3-6-10-20)28(38)35-25(15-21-11-7-4-8-12-21)29(39)36-26(30(40)41)16-22-17-32-18-33-22/h3-12,17-19,23-26H,13-16,31H2,1-2H3,(H,32,33)(H,34,37)(H,35,38)(H,36,39)(H,40,41). The Labute approximate surface area is 239 Å². The van der Waals surface area contributed by atoms with Crippen molar-refractivity contribution in [2.75, 3.05) is 0 Å². The summed E-state index contributed by atoms with van der Waals surface area (Å²) in [5, 5.41) is 17.8. The first-order valence-electron chi connectivity index (χ1n) is 13.6. The molecule has 0 saturated heterocycles. The number of carbonyl (C=O) groups is 4. The zero-order valence-corrected chi connectivity index (χ0v) is 23.2. The first-order chi connectivity index (χ1) is 19.6. The van der Waals surface area contributed by atoms with Crippen LogP contribution in [0.4, 0.5) is 0 Å². The largest absolute Gasteiger partial charge is 0.480 e. The number of benzene rings is 2. The van der Waals surface area contributed by atoms with Gasteiger partial charge in [-0.15, -0.1) is 0 Å². The number of aromatic amines is 1. The van der Waals surface area contributed by atoms with E-state index in [9.17, 15) is 24.3 Å². The van der Waals surface area contributed by atoms with E-state index in [1.165, 1.54) is 12.5 Å². The van der Waals surface area contributed by atoms with E-state index < -0.39 is 47.9 Å². The molecular formula is C30H38N6O5. The van der Waals surface area contributed by atoms with Gasteiger partial charge in [-0.2, -0.15) is 0 Å². The molecule has 0 spiro atoms. The van der Waals surface area contributed by atoms with Crippen LogP contribution in [0.15, 0.2) is 73.2 Å². The van der Waals surface area contributed by atoms with Crippen molar-refractivity contribution in [3.05, 3.63) is 90.0 Å². The average Bonchev–Trinajstić information content (AvgIpc) is 3.45. The van der Waals surface area contributed by atoms with Gasteiger partial charge in [0.2, 0.25) is 17.7 Å². The number of nitrogens with zero attached hydrogens (tertiary/aromatic N) is 1. The zero-order valence-electron chi connectivity index (χ0n) is 23.2. The second-order valence-electron chi connectivity index (χ2n) is 10.4. The maximum atomic E-state index is 13.6. The SMILES string of the molecule is CC(C)CC(N)C(=O)NC(Cc1ccccc1)C(=O)NC(Cc1ccccc1)C(=O)NC(Cc1cnc[nH]1)C(=O)O. The van der Waals surface area contributed by atoms with Crippen LogP contribution in [-0.2, 0) is 38.4 Å². The highest BCUT2D eigenvalue weighted by Crippen LogP contribution is 2.09. The number of aliphatic carboxylic acids is 1. The molecule has 7 N–H and O–H groups in total. The van der Waals surface area contributed by atoms with Crippen molar-refractivity contribution >= 4 is 23.7 Å². The number of hydrogen-bond donors (Lipinski definition) is 6. The van der Waals surface area contributed by atoms with Crippen molar-refractivity contribution in [3.8, 4) is 0 Å². The highest BCUT2D eigenvalue weighted by atomic mass is 16.4. The average molecular weight is 563 g/mol. The van der Waals surface area contributed by atoms with Crippen LogP contribution in [0.3, 0.4) is 0 Å². The summed E-state index contributed by atoms with van der Waals surface area (Å²) in [6.07, 6.45) is 3.59. The molecule has 0 saturated carbocycles. The molecule has 11 heteroatoms. The first kappa shape index (κ1) is 31.0. The van der Waals surface area contributed by atoms with Gasteiger partial charge >= 0.3 is 5.97 Å². The van der Waals surface area contributed by atoms with Crippen LogP contribution >= 0.6 is 0 Å². The highest BCUT2D eigenvalue weighted by Gasteiger charge is 2.31. The summed E-state index contributed by atoms with van der Waals surface area (Å²) >= 11 is 0. The topological polar surface area (TPSA) is 179 Å². The minimum atomic E-state index is -1.26. The van der Waals surface area contributed by atoms with Gasteiger partial charge in [0.25, 0.3) is 0 Å². The van der Waals surface area contributed by atoms with Gasteiger partial charge in [0.05, 0.1) is 12.4 Å². The summed E-state index contributed by atoms with van der Waals surface area (Å²) in [4.78, 5) is 58.6. The van der Waals surface area contributed by atoms with E-state index in [0.717, 1.165) is 11.1 Å². The van der Waals surface area contributed by atoms with Crippen LogP contribution in [0.25, 0.3) is 0 Å². The van der Waals surface area contributed by atoms with Crippen LogP contribution in [0.1, 0.15) is 37.1 Å². The fourth-order valence-corrected chi connectivity index (χ4v) is 4.37. The number of aromatic nitrogens is 2. The Morgan fingerprint density at radius 2 is 1.27 bits per heavy atom. The summed E-state index contributed by atoms with van der Waals surface area (Å²) in [5.74, 6) is -2.78. The third-order valence-electron chi connectivity index (χ3n) is 6.49. The Hall–Kier alpha value is -4.51. The van der Waals surface area contributed by atoms with Gasteiger partial charge in [0, 0.05) is 31.2 Å². The van der Waals surface area contributed by atoms with Crippen molar-refractivity contribution in [2.45, 2.75) is 63.7 Å². The van der Waals surface area contributed by atoms with Gasteiger partial charge in [-0.1, -0.05) is 74.5 Å². The third kappa shape index (κ3) is 10.2. The van der Waals surface area contributed by atoms with Gasteiger partial charge in [0.1, 0.15) is 18.1 Å². The first-order valence-corrected chi connectivity index (χ1v) is 13.6. The van der Waals surface area contributed by atoms with Gasteiger partial charge in [-0.3, -0.25) is 14.4 Å². The Bertz CT molecular complexity index is 1270. The molecule has 1 aromatic heterocycles. The molecule has 41 heavy (non-hydrogen) atoms. The molecule has 0 radical (unpaired) electrons. The van der Waals surface area contributed by atoms with E-state index in [1.54, 1.807) is 24.3 Å². The lowest BCUT2D eigenvalue weighted by atomic mass is 10.0. The number of hydrogen-bond acceptors (Lipinski definition) is 6. The lowest BCUT2D eigenvalue weighted by Crippen LogP contribution is -2.58. The summed E-state index contributed by atoms with van der Waals surface area (Å²) in [7, 11) is 0. The molecule has 11 nitrogen and oxygen atoms in total. The summed E-state index contributed by atoms with van der Waals surface area (Å²) in [6.45, 7) is 3.90. The molecular weight excluding hydrogens is 524 g/mol. The van der Waals surface area contributed by atoms with Crippen molar-refractivity contribution in [3.63, 3.8) is 0 Å². The van der Waals surface area contributed by atoms with E-state index >= 15 is 0 Å². The normalized spacial score (nSPS) is 14.0. The maximum Gasteiger partial charge on any atom is 0.326 e. The Balaban J connectivity index is 1.82. The minimum Gasteiger partial charge on any atom is -0.480 e.